The summed E-state index contributed by atoms with van der Waals surface area (Å²) in [5.41, 5.74) is 1.25. The molecule has 0 aromatic carbocycles. The number of hydrogen-bond donors (Lipinski definition) is 1. The Morgan fingerprint density at radius 2 is 1.93 bits per heavy atom. The van der Waals surface area contributed by atoms with E-state index < -0.39 is 0 Å². The molecule has 76 valence electrons. The van der Waals surface area contributed by atoms with Gasteiger partial charge >= 0.3 is 0 Å². The summed E-state index contributed by atoms with van der Waals surface area (Å²) < 4.78 is 0. The van der Waals surface area contributed by atoms with Crippen molar-refractivity contribution in [3.63, 3.8) is 0 Å². The van der Waals surface area contributed by atoms with Gasteiger partial charge in [0, 0.05) is 16.0 Å². The van der Waals surface area contributed by atoms with Crippen molar-refractivity contribution in [2.45, 2.75) is 38.8 Å². The molecule has 0 radical (unpaired) electrons. The van der Waals surface area contributed by atoms with Crippen LogP contribution in [0.1, 0.15) is 47.8 Å². The first-order valence-electron chi connectivity index (χ1n) is 4.76. The third-order valence-electron chi connectivity index (χ3n) is 2.73. The largest absolute Gasteiger partial charge is 0.298 e. The van der Waals surface area contributed by atoms with Crippen LogP contribution >= 0.6 is 11.3 Å². The van der Waals surface area contributed by atoms with Crippen molar-refractivity contribution < 1.29 is 4.79 Å². The van der Waals surface area contributed by atoms with Gasteiger partial charge in [-0.2, -0.15) is 0 Å². The maximum absolute atomic E-state index is 10.7. The fourth-order valence-electron chi connectivity index (χ4n) is 2.30. The summed E-state index contributed by atoms with van der Waals surface area (Å²) >= 11 is 1.60. The normalized spacial score (nSPS) is 22.0. The van der Waals surface area contributed by atoms with E-state index in [0.717, 1.165) is 11.2 Å². The average Bonchev–Trinajstić information content (AvgIpc) is 2.51. The van der Waals surface area contributed by atoms with E-state index in [9.17, 15) is 4.79 Å². The van der Waals surface area contributed by atoms with Gasteiger partial charge < -0.3 is 0 Å². The topological polar surface area (TPSA) is 29.1 Å². The smallest absolute Gasteiger partial charge is 0.160 e. The van der Waals surface area contributed by atoms with Crippen LogP contribution in [0.25, 0.3) is 0 Å². The summed E-state index contributed by atoms with van der Waals surface area (Å²) in [4.78, 5) is 12.9. The van der Waals surface area contributed by atoms with Crippen molar-refractivity contribution in [3.05, 3.63) is 21.4 Å². The van der Waals surface area contributed by atoms with Crippen molar-refractivity contribution in [3.8, 4) is 0 Å². The van der Waals surface area contributed by atoms with Crippen molar-refractivity contribution in [1.82, 2.24) is 5.32 Å². The molecule has 1 aromatic heterocycles. The summed E-state index contributed by atoms with van der Waals surface area (Å²) in [6.45, 7) is 8.63. The Hall–Kier alpha value is -0.670. The first-order valence-corrected chi connectivity index (χ1v) is 5.58. The zero-order chi connectivity index (χ0) is 10.6. The first kappa shape index (κ1) is 9.87. The second kappa shape index (κ2) is 2.67. The van der Waals surface area contributed by atoms with Gasteiger partial charge in [0.05, 0.1) is 4.88 Å². The van der Waals surface area contributed by atoms with Gasteiger partial charge in [0.25, 0.3) is 0 Å². The molecule has 1 aliphatic heterocycles. The summed E-state index contributed by atoms with van der Waals surface area (Å²) in [7, 11) is 0. The number of thiophene rings is 1. The first-order chi connectivity index (χ1) is 6.37. The van der Waals surface area contributed by atoms with E-state index >= 15 is 0 Å². The molecular weight excluding hydrogens is 194 g/mol. The third-order valence-corrected chi connectivity index (χ3v) is 4.12. The summed E-state index contributed by atoms with van der Waals surface area (Å²) in [6.07, 6.45) is 0.940. The molecule has 0 saturated carbocycles. The highest BCUT2D eigenvalue weighted by Crippen LogP contribution is 2.44. The maximum Gasteiger partial charge on any atom is 0.160 e. The molecule has 2 rings (SSSR count). The molecule has 14 heavy (non-hydrogen) atoms. The Labute approximate surface area is 88.3 Å². The lowest BCUT2D eigenvalue weighted by atomic mass is 9.98. The molecule has 3 heteroatoms. The SMILES string of the molecule is CC1(C)NC(C)(C)c2sc(C=O)cc21. The molecule has 1 aliphatic rings. The van der Waals surface area contributed by atoms with Crippen molar-refractivity contribution >= 4 is 17.6 Å². The molecule has 0 saturated heterocycles. The molecule has 0 aliphatic carbocycles. The standard InChI is InChI=1S/C11H15NOS/c1-10(2)8-5-7(6-13)14-9(8)11(3,4)12-10/h5-6,12H,1-4H3. The number of aldehydes is 1. The highest BCUT2D eigenvalue weighted by Gasteiger charge is 2.42. The molecule has 0 fully saturated rings. The highest BCUT2D eigenvalue weighted by atomic mass is 32.1. The minimum absolute atomic E-state index is 0.00917. The van der Waals surface area contributed by atoms with Crippen molar-refractivity contribution in [2.24, 2.45) is 0 Å². The van der Waals surface area contributed by atoms with Gasteiger partial charge in [-0.05, 0) is 39.3 Å². The van der Waals surface area contributed by atoms with Crippen LogP contribution in [-0.4, -0.2) is 6.29 Å². The zero-order valence-corrected chi connectivity index (χ0v) is 9.79. The molecule has 0 spiro atoms. The molecule has 2 nitrogen and oxygen atoms in total. The van der Waals surface area contributed by atoms with E-state index in [1.807, 2.05) is 6.07 Å². The Bertz CT molecular complexity index is 358. The lowest BCUT2D eigenvalue weighted by Gasteiger charge is -2.26. The second-order valence-electron chi connectivity index (χ2n) is 4.88. The number of nitrogens with one attached hydrogen (secondary N) is 1. The number of carbonyl (C=O) groups is 1. The van der Waals surface area contributed by atoms with E-state index in [1.54, 1.807) is 11.3 Å². The predicted molar refractivity (Wildman–Crippen MR) is 58.9 cm³/mol. The minimum Gasteiger partial charge on any atom is -0.298 e. The molecule has 0 bridgehead atoms. The van der Waals surface area contributed by atoms with Gasteiger partial charge in [-0.1, -0.05) is 0 Å². The fourth-order valence-corrected chi connectivity index (χ4v) is 3.49. The van der Waals surface area contributed by atoms with Gasteiger partial charge in [-0.15, -0.1) is 11.3 Å². The van der Waals surface area contributed by atoms with Crippen molar-refractivity contribution in [1.29, 1.82) is 0 Å². The monoisotopic (exact) mass is 209 g/mol. The van der Waals surface area contributed by atoms with E-state index in [0.29, 0.717) is 0 Å². The van der Waals surface area contributed by atoms with Crippen LogP contribution in [0.5, 0.6) is 0 Å². The fraction of sp³-hybridized carbons (Fsp3) is 0.545. The highest BCUT2D eigenvalue weighted by molar-refractivity contribution is 7.14. The molecule has 1 aromatic rings. The summed E-state index contributed by atoms with van der Waals surface area (Å²) in [6, 6.07) is 2.01. The molecule has 0 unspecified atom stereocenters. The van der Waals surface area contributed by atoms with Crippen LogP contribution in [-0.2, 0) is 11.1 Å². The van der Waals surface area contributed by atoms with Gasteiger partial charge in [-0.25, -0.2) is 0 Å². The zero-order valence-electron chi connectivity index (χ0n) is 8.97. The molecule has 0 atom stereocenters. The third kappa shape index (κ3) is 1.23. The van der Waals surface area contributed by atoms with Gasteiger partial charge in [0.2, 0.25) is 0 Å². The van der Waals surface area contributed by atoms with Gasteiger partial charge in [0.1, 0.15) is 0 Å². The molecular formula is C11H15NOS. The number of rotatable bonds is 1. The van der Waals surface area contributed by atoms with E-state index in [1.165, 1.54) is 10.4 Å². The van der Waals surface area contributed by atoms with E-state index in [4.69, 9.17) is 0 Å². The van der Waals surface area contributed by atoms with Crippen LogP contribution in [0.2, 0.25) is 0 Å². The van der Waals surface area contributed by atoms with Gasteiger partial charge in [0.15, 0.2) is 6.29 Å². The Morgan fingerprint density at radius 3 is 2.43 bits per heavy atom. The maximum atomic E-state index is 10.7. The second-order valence-corrected chi connectivity index (χ2v) is 5.97. The van der Waals surface area contributed by atoms with E-state index in [2.05, 4.69) is 33.0 Å². The van der Waals surface area contributed by atoms with Gasteiger partial charge in [-0.3, -0.25) is 10.1 Å². The van der Waals surface area contributed by atoms with Crippen LogP contribution in [0.4, 0.5) is 0 Å². The number of fused-ring (bicyclic) bond motifs is 1. The Kier molecular flexibility index (Phi) is 1.88. The minimum atomic E-state index is -0.0173. The van der Waals surface area contributed by atoms with Crippen molar-refractivity contribution in [2.75, 3.05) is 0 Å². The average molecular weight is 209 g/mol. The Balaban J connectivity index is 2.62. The lowest BCUT2D eigenvalue weighted by Crippen LogP contribution is -2.40. The summed E-state index contributed by atoms with van der Waals surface area (Å²) in [5, 5.41) is 3.56. The van der Waals surface area contributed by atoms with Crippen LogP contribution < -0.4 is 5.32 Å². The predicted octanol–water partition coefficient (Wildman–Crippen LogP) is 2.63. The number of carbonyl (C=O) groups excluding carboxylic acids is 1. The van der Waals surface area contributed by atoms with Crippen LogP contribution in [0, 0.1) is 0 Å². The number of hydrogen-bond acceptors (Lipinski definition) is 3. The Morgan fingerprint density at radius 1 is 1.29 bits per heavy atom. The molecule has 1 N–H and O–H groups in total. The summed E-state index contributed by atoms with van der Waals surface area (Å²) in [5.74, 6) is 0. The lowest BCUT2D eigenvalue weighted by molar-refractivity contribution is 0.112. The molecule has 0 amide bonds. The van der Waals surface area contributed by atoms with E-state index in [-0.39, 0.29) is 11.1 Å². The van der Waals surface area contributed by atoms with Crippen LogP contribution in [0.3, 0.4) is 0 Å². The van der Waals surface area contributed by atoms with Crippen LogP contribution in [0.15, 0.2) is 6.07 Å². The molecule has 2 heterocycles. The quantitative estimate of drug-likeness (QED) is 0.720.